The van der Waals surface area contributed by atoms with Gasteiger partial charge in [-0.3, -0.25) is 0 Å². The molecule has 0 aliphatic carbocycles. The number of phenolic OH excluding ortho intramolecular Hbond substituents is 1. The number of phenols is 1. The molecule has 1 rings (SSSR count). The molecule has 0 saturated carbocycles. The van der Waals surface area contributed by atoms with E-state index in [2.05, 4.69) is 46.9 Å². The second-order valence-corrected chi connectivity index (χ2v) is 4.40. The Bertz CT molecular complexity index is 330. The highest BCUT2D eigenvalue weighted by Crippen LogP contribution is 2.35. The third-order valence-corrected chi connectivity index (χ3v) is 3.37. The summed E-state index contributed by atoms with van der Waals surface area (Å²) in [7, 11) is 0. The van der Waals surface area contributed by atoms with Crippen LogP contribution < -0.4 is 0 Å². The van der Waals surface area contributed by atoms with Gasteiger partial charge in [0, 0.05) is 5.56 Å². The van der Waals surface area contributed by atoms with Gasteiger partial charge in [-0.05, 0) is 36.3 Å². The molecular weight excluding hydrogens is 208 g/mol. The van der Waals surface area contributed by atoms with E-state index in [0.29, 0.717) is 17.6 Å². The van der Waals surface area contributed by atoms with Crippen LogP contribution in [0.15, 0.2) is 31.4 Å². The monoisotopic (exact) mass is 234 g/mol. The molecular formula is C16H26O. The van der Waals surface area contributed by atoms with E-state index in [-0.39, 0.29) is 0 Å². The molecule has 17 heavy (non-hydrogen) atoms. The number of hydrogen-bond donors (Lipinski definition) is 1. The zero-order valence-electron chi connectivity index (χ0n) is 11.7. The predicted molar refractivity (Wildman–Crippen MR) is 76.8 cm³/mol. The van der Waals surface area contributed by atoms with Crippen LogP contribution in [0.3, 0.4) is 0 Å². The molecule has 0 heterocycles. The van der Waals surface area contributed by atoms with Gasteiger partial charge in [-0.25, -0.2) is 0 Å². The number of benzene rings is 1. The van der Waals surface area contributed by atoms with Crippen molar-refractivity contribution in [2.45, 2.75) is 52.4 Å². The Hall–Kier alpha value is -1.24. The van der Waals surface area contributed by atoms with Crippen molar-refractivity contribution >= 4 is 0 Å². The van der Waals surface area contributed by atoms with Crippen LogP contribution >= 0.6 is 0 Å². The fraction of sp³-hybridized carbons (Fsp3) is 0.500. The van der Waals surface area contributed by atoms with Crippen molar-refractivity contribution in [3.8, 4) is 5.75 Å². The van der Waals surface area contributed by atoms with Crippen LogP contribution in [0.2, 0.25) is 0 Å². The highest BCUT2D eigenvalue weighted by molar-refractivity contribution is 5.43. The lowest BCUT2D eigenvalue weighted by molar-refractivity contribution is 0.458. The highest BCUT2D eigenvalue weighted by Gasteiger charge is 2.16. The van der Waals surface area contributed by atoms with Crippen LogP contribution in [0.4, 0.5) is 0 Å². The van der Waals surface area contributed by atoms with Crippen LogP contribution in [0.5, 0.6) is 5.75 Å². The maximum atomic E-state index is 9.94. The lowest BCUT2D eigenvalue weighted by Gasteiger charge is -2.20. The standard InChI is InChI=1S/C14H22O.C2H4/c1-5-10(3)12-8-7-9-13(15)14(12)11(4)6-2;1-2/h7-11,15H,5-6H2,1-4H3;1-2H2. The first kappa shape index (κ1) is 15.8. The van der Waals surface area contributed by atoms with Crippen LogP contribution in [-0.2, 0) is 0 Å². The molecule has 0 amide bonds. The minimum Gasteiger partial charge on any atom is -0.508 e. The van der Waals surface area contributed by atoms with E-state index >= 15 is 0 Å². The number of hydrogen-bond acceptors (Lipinski definition) is 1. The SMILES string of the molecule is C=C.CCC(C)c1cccc(O)c1C(C)CC. The van der Waals surface area contributed by atoms with Crippen LogP contribution in [0.25, 0.3) is 0 Å². The van der Waals surface area contributed by atoms with Crippen molar-refractivity contribution in [2.75, 3.05) is 0 Å². The number of aromatic hydroxyl groups is 1. The Morgan fingerprint density at radius 2 is 1.59 bits per heavy atom. The van der Waals surface area contributed by atoms with E-state index in [1.807, 2.05) is 6.07 Å². The summed E-state index contributed by atoms with van der Waals surface area (Å²) in [4.78, 5) is 0. The topological polar surface area (TPSA) is 20.2 Å². The molecule has 0 bridgehead atoms. The largest absolute Gasteiger partial charge is 0.508 e. The van der Waals surface area contributed by atoms with E-state index in [0.717, 1.165) is 18.4 Å². The van der Waals surface area contributed by atoms with E-state index in [4.69, 9.17) is 0 Å². The van der Waals surface area contributed by atoms with Gasteiger partial charge in [-0.2, -0.15) is 0 Å². The first-order chi connectivity index (χ1) is 8.11. The molecule has 0 saturated heterocycles. The Morgan fingerprint density at radius 3 is 2.06 bits per heavy atom. The molecule has 0 aliphatic heterocycles. The fourth-order valence-electron chi connectivity index (χ4n) is 1.96. The Kier molecular flexibility index (Phi) is 7.36. The molecule has 1 heteroatoms. The van der Waals surface area contributed by atoms with Crippen LogP contribution in [0.1, 0.15) is 63.5 Å². The molecule has 0 aliphatic rings. The molecule has 1 aromatic rings. The summed E-state index contributed by atoms with van der Waals surface area (Å²) in [5.74, 6) is 1.43. The van der Waals surface area contributed by atoms with Gasteiger partial charge >= 0.3 is 0 Å². The predicted octanol–water partition coefficient (Wildman–Crippen LogP) is 5.22. The summed E-state index contributed by atoms with van der Waals surface area (Å²) in [6.07, 6.45) is 2.19. The second kappa shape index (κ2) is 7.94. The fourth-order valence-corrected chi connectivity index (χ4v) is 1.96. The summed E-state index contributed by atoms with van der Waals surface area (Å²) in [5, 5.41) is 9.94. The van der Waals surface area contributed by atoms with Gasteiger partial charge in [0.1, 0.15) is 5.75 Å². The quantitative estimate of drug-likeness (QED) is 0.708. The van der Waals surface area contributed by atoms with Crippen molar-refractivity contribution in [3.63, 3.8) is 0 Å². The van der Waals surface area contributed by atoms with E-state index in [9.17, 15) is 5.11 Å². The van der Waals surface area contributed by atoms with Gasteiger partial charge in [0.25, 0.3) is 0 Å². The average molecular weight is 234 g/mol. The normalized spacial score (nSPS) is 13.4. The average Bonchev–Trinajstić information content (AvgIpc) is 2.39. The third-order valence-electron chi connectivity index (χ3n) is 3.37. The van der Waals surface area contributed by atoms with Crippen molar-refractivity contribution in [3.05, 3.63) is 42.5 Å². The molecule has 0 spiro atoms. The molecule has 0 aromatic heterocycles. The van der Waals surface area contributed by atoms with Crippen molar-refractivity contribution in [1.29, 1.82) is 0 Å². The van der Waals surface area contributed by atoms with Crippen LogP contribution in [-0.4, -0.2) is 5.11 Å². The van der Waals surface area contributed by atoms with Crippen LogP contribution in [0, 0.1) is 0 Å². The van der Waals surface area contributed by atoms with Gasteiger partial charge in [0.05, 0.1) is 0 Å². The third kappa shape index (κ3) is 3.92. The van der Waals surface area contributed by atoms with E-state index in [1.165, 1.54) is 5.56 Å². The summed E-state index contributed by atoms with van der Waals surface area (Å²) in [6.45, 7) is 14.8. The van der Waals surface area contributed by atoms with Gasteiger partial charge in [-0.1, -0.05) is 39.8 Å². The van der Waals surface area contributed by atoms with Gasteiger partial charge in [-0.15, -0.1) is 13.2 Å². The van der Waals surface area contributed by atoms with Crippen molar-refractivity contribution < 1.29 is 5.11 Å². The minimum atomic E-state index is 0.440. The maximum Gasteiger partial charge on any atom is 0.119 e. The zero-order chi connectivity index (χ0) is 13.4. The molecule has 1 nitrogen and oxygen atoms in total. The molecule has 0 fully saturated rings. The Morgan fingerprint density at radius 1 is 1.06 bits per heavy atom. The molecule has 96 valence electrons. The summed E-state index contributed by atoms with van der Waals surface area (Å²) in [6, 6.07) is 5.89. The molecule has 1 N–H and O–H groups in total. The van der Waals surface area contributed by atoms with Gasteiger partial charge in [0.2, 0.25) is 0 Å². The zero-order valence-corrected chi connectivity index (χ0v) is 11.7. The molecule has 2 atom stereocenters. The van der Waals surface area contributed by atoms with E-state index < -0.39 is 0 Å². The maximum absolute atomic E-state index is 9.94. The summed E-state index contributed by atoms with van der Waals surface area (Å²) in [5.41, 5.74) is 2.46. The smallest absolute Gasteiger partial charge is 0.119 e. The van der Waals surface area contributed by atoms with Crippen molar-refractivity contribution in [1.82, 2.24) is 0 Å². The van der Waals surface area contributed by atoms with Crippen molar-refractivity contribution in [2.24, 2.45) is 0 Å². The van der Waals surface area contributed by atoms with Gasteiger partial charge in [0.15, 0.2) is 0 Å². The number of rotatable bonds is 4. The first-order valence-electron chi connectivity index (χ1n) is 6.43. The second-order valence-electron chi connectivity index (χ2n) is 4.40. The molecule has 0 radical (unpaired) electrons. The minimum absolute atomic E-state index is 0.440. The summed E-state index contributed by atoms with van der Waals surface area (Å²) < 4.78 is 0. The lowest BCUT2D eigenvalue weighted by atomic mass is 9.86. The Labute approximate surface area is 106 Å². The van der Waals surface area contributed by atoms with E-state index in [1.54, 1.807) is 6.07 Å². The lowest BCUT2D eigenvalue weighted by Crippen LogP contribution is -2.02. The first-order valence-corrected chi connectivity index (χ1v) is 6.43. The highest BCUT2D eigenvalue weighted by atomic mass is 16.3. The summed E-state index contributed by atoms with van der Waals surface area (Å²) >= 11 is 0. The molecule has 1 aromatic carbocycles. The molecule has 2 unspecified atom stereocenters. The van der Waals surface area contributed by atoms with Gasteiger partial charge < -0.3 is 5.11 Å². The Balaban J connectivity index is 0.00000121.